The van der Waals surface area contributed by atoms with Crippen LogP contribution in [0.4, 0.5) is 8.78 Å². The first-order valence-electron chi connectivity index (χ1n) is 11.2. The minimum atomic E-state index is -0.745. The van der Waals surface area contributed by atoms with Crippen LogP contribution in [0.25, 0.3) is 0 Å². The van der Waals surface area contributed by atoms with Crippen molar-refractivity contribution in [1.82, 2.24) is 15.1 Å². The molecule has 0 aliphatic carbocycles. The molecule has 2 aromatic carbocycles. The Morgan fingerprint density at radius 1 is 0.909 bits per heavy atom. The van der Waals surface area contributed by atoms with E-state index < -0.39 is 23.6 Å². The summed E-state index contributed by atoms with van der Waals surface area (Å²) < 4.78 is 26.4. The van der Waals surface area contributed by atoms with E-state index in [0.717, 1.165) is 0 Å². The van der Waals surface area contributed by atoms with E-state index in [-0.39, 0.29) is 23.3 Å². The fraction of sp³-hybridized carbons (Fsp3) is 0.400. The Kier molecular flexibility index (Phi) is 8.14. The van der Waals surface area contributed by atoms with Crippen molar-refractivity contribution in [3.05, 3.63) is 71.3 Å². The average molecular weight is 458 g/mol. The van der Waals surface area contributed by atoms with Crippen LogP contribution >= 0.6 is 0 Å². The van der Waals surface area contributed by atoms with Crippen molar-refractivity contribution in [3.8, 4) is 0 Å². The van der Waals surface area contributed by atoms with Gasteiger partial charge in [0.05, 0.1) is 0 Å². The number of carbonyl (C=O) groups excluding carboxylic acids is 3. The van der Waals surface area contributed by atoms with Crippen molar-refractivity contribution in [1.29, 1.82) is 0 Å². The molecule has 0 radical (unpaired) electrons. The Bertz CT molecular complexity index is 967. The van der Waals surface area contributed by atoms with Gasteiger partial charge in [-0.3, -0.25) is 14.4 Å². The van der Waals surface area contributed by atoms with Crippen molar-refractivity contribution in [2.75, 3.05) is 26.2 Å². The summed E-state index contributed by atoms with van der Waals surface area (Å²) in [5, 5.41) is 2.86. The smallest absolute Gasteiger partial charge is 0.253 e. The number of likely N-dealkylation sites (tertiary alicyclic amines) is 1. The maximum absolute atomic E-state index is 13.2. The molecule has 1 heterocycles. The molecule has 0 aromatic heterocycles. The summed E-state index contributed by atoms with van der Waals surface area (Å²) in [5.41, 5.74) is 0.688. The van der Waals surface area contributed by atoms with E-state index in [0.29, 0.717) is 44.6 Å². The SMILES string of the molecule is CCN(CC)C(=O)[C@@H](NC(=O)c1ccc(F)cc1)C1CCN(C(=O)c2ccc(F)cc2)CC1. The highest BCUT2D eigenvalue weighted by Gasteiger charge is 2.35. The summed E-state index contributed by atoms with van der Waals surface area (Å²) in [4.78, 5) is 42.1. The van der Waals surface area contributed by atoms with E-state index in [9.17, 15) is 23.2 Å². The number of amides is 3. The molecule has 0 spiro atoms. The van der Waals surface area contributed by atoms with Crippen molar-refractivity contribution in [2.24, 2.45) is 5.92 Å². The highest BCUT2D eigenvalue weighted by molar-refractivity contribution is 5.97. The molecule has 1 N–H and O–H groups in total. The molecule has 0 bridgehead atoms. The molecule has 1 fully saturated rings. The molecule has 0 unspecified atom stereocenters. The first-order chi connectivity index (χ1) is 15.8. The van der Waals surface area contributed by atoms with Gasteiger partial charge in [-0.05, 0) is 81.1 Å². The quantitative estimate of drug-likeness (QED) is 0.692. The zero-order chi connectivity index (χ0) is 24.0. The molecule has 176 valence electrons. The fourth-order valence-corrected chi connectivity index (χ4v) is 4.15. The van der Waals surface area contributed by atoms with Crippen molar-refractivity contribution < 1.29 is 23.2 Å². The van der Waals surface area contributed by atoms with Gasteiger partial charge in [0.2, 0.25) is 5.91 Å². The first-order valence-corrected chi connectivity index (χ1v) is 11.2. The Morgan fingerprint density at radius 3 is 1.88 bits per heavy atom. The Hall–Kier alpha value is -3.29. The monoisotopic (exact) mass is 457 g/mol. The topological polar surface area (TPSA) is 69.7 Å². The Balaban J connectivity index is 1.72. The lowest BCUT2D eigenvalue weighted by Crippen LogP contribution is -2.54. The number of rotatable bonds is 7. The van der Waals surface area contributed by atoms with Gasteiger partial charge in [-0.1, -0.05) is 0 Å². The van der Waals surface area contributed by atoms with Crippen LogP contribution in [-0.2, 0) is 4.79 Å². The zero-order valence-electron chi connectivity index (χ0n) is 18.9. The molecule has 1 aliphatic heterocycles. The van der Waals surface area contributed by atoms with Crippen molar-refractivity contribution in [2.45, 2.75) is 32.7 Å². The van der Waals surface area contributed by atoms with E-state index in [1.54, 1.807) is 9.80 Å². The van der Waals surface area contributed by atoms with Crippen LogP contribution in [-0.4, -0.2) is 59.7 Å². The summed E-state index contributed by atoms with van der Waals surface area (Å²) in [6.07, 6.45) is 1.07. The van der Waals surface area contributed by atoms with E-state index in [4.69, 9.17) is 0 Å². The zero-order valence-corrected chi connectivity index (χ0v) is 18.9. The number of nitrogens with one attached hydrogen (secondary N) is 1. The van der Waals surface area contributed by atoms with Gasteiger partial charge in [-0.2, -0.15) is 0 Å². The Labute approximate surface area is 192 Å². The fourth-order valence-electron chi connectivity index (χ4n) is 4.15. The van der Waals surface area contributed by atoms with E-state index in [1.165, 1.54) is 48.5 Å². The van der Waals surface area contributed by atoms with Crippen LogP contribution < -0.4 is 5.32 Å². The van der Waals surface area contributed by atoms with E-state index in [1.807, 2.05) is 13.8 Å². The molecule has 2 aromatic rings. The van der Waals surface area contributed by atoms with Gasteiger partial charge in [0.1, 0.15) is 17.7 Å². The molecule has 0 saturated carbocycles. The number of hydrogen-bond acceptors (Lipinski definition) is 3. The normalized spacial score (nSPS) is 15.1. The lowest BCUT2D eigenvalue weighted by atomic mass is 9.87. The second-order valence-corrected chi connectivity index (χ2v) is 8.11. The van der Waals surface area contributed by atoms with Gasteiger partial charge in [-0.25, -0.2) is 8.78 Å². The molecule has 33 heavy (non-hydrogen) atoms. The van der Waals surface area contributed by atoms with Crippen molar-refractivity contribution in [3.63, 3.8) is 0 Å². The number of nitrogens with zero attached hydrogens (tertiary/aromatic N) is 2. The number of hydrogen-bond donors (Lipinski definition) is 1. The van der Waals surface area contributed by atoms with Crippen LogP contribution in [0.3, 0.4) is 0 Å². The maximum atomic E-state index is 13.2. The standard InChI is InChI=1S/C25H29F2N3O3/c1-3-29(4-2)25(33)22(28-23(31)18-5-9-20(26)10-6-18)17-13-15-30(16-14-17)24(32)19-7-11-21(27)12-8-19/h5-12,17,22H,3-4,13-16H2,1-2H3,(H,28,31)/t22-/m0/s1. The third-order valence-electron chi connectivity index (χ3n) is 6.12. The van der Waals surface area contributed by atoms with Gasteiger partial charge in [0, 0.05) is 37.3 Å². The van der Waals surface area contributed by atoms with Gasteiger partial charge < -0.3 is 15.1 Å². The Morgan fingerprint density at radius 2 is 1.39 bits per heavy atom. The van der Waals surface area contributed by atoms with Gasteiger partial charge >= 0.3 is 0 Å². The summed E-state index contributed by atoms with van der Waals surface area (Å²) in [7, 11) is 0. The molecule has 8 heteroatoms. The summed E-state index contributed by atoms with van der Waals surface area (Å²) in [5.74, 6) is -1.79. The molecular formula is C25H29F2N3O3. The van der Waals surface area contributed by atoms with Gasteiger partial charge in [0.25, 0.3) is 11.8 Å². The first kappa shape index (κ1) is 24.4. The lowest BCUT2D eigenvalue weighted by molar-refractivity contribution is -0.134. The second-order valence-electron chi connectivity index (χ2n) is 8.11. The number of halogens is 2. The minimum absolute atomic E-state index is 0.153. The summed E-state index contributed by atoms with van der Waals surface area (Å²) in [6.45, 7) is 5.64. The van der Waals surface area contributed by atoms with Crippen LogP contribution in [0.5, 0.6) is 0 Å². The van der Waals surface area contributed by atoms with Crippen molar-refractivity contribution >= 4 is 17.7 Å². The molecular weight excluding hydrogens is 428 g/mol. The van der Waals surface area contributed by atoms with Gasteiger partial charge in [-0.15, -0.1) is 0 Å². The highest BCUT2D eigenvalue weighted by Crippen LogP contribution is 2.24. The number of carbonyl (C=O) groups is 3. The van der Waals surface area contributed by atoms with Crippen LogP contribution in [0, 0.1) is 17.6 Å². The highest BCUT2D eigenvalue weighted by atomic mass is 19.1. The molecule has 6 nitrogen and oxygen atoms in total. The lowest BCUT2D eigenvalue weighted by Gasteiger charge is -2.37. The number of benzene rings is 2. The summed E-state index contributed by atoms with van der Waals surface area (Å²) in [6, 6.07) is 9.85. The van der Waals surface area contributed by atoms with Gasteiger partial charge in [0.15, 0.2) is 0 Å². The van der Waals surface area contributed by atoms with E-state index >= 15 is 0 Å². The molecule has 1 atom stereocenters. The number of piperidine rings is 1. The number of likely N-dealkylation sites (N-methyl/N-ethyl adjacent to an activating group) is 1. The third kappa shape index (κ3) is 5.94. The van der Waals surface area contributed by atoms with E-state index in [2.05, 4.69) is 5.32 Å². The average Bonchev–Trinajstić information content (AvgIpc) is 2.83. The minimum Gasteiger partial charge on any atom is -0.341 e. The maximum Gasteiger partial charge on any atom is 0.253 e. The molecule has 3 rings (SSSR count). The molecule has 1 aliphatic rings. The third-order valence-corrected chi connectivity index (χ3v) is 6.12. The van der Waals surface area contributed by atoms with Crippen LogP contribution in [0.15, 0.2) is 48.5 Å². The second kappa shape index (κ2) is 11.0. The summed E-state index contributed by atoms with van der Waals surface area (Å²) >= 11 is 0. The predicted molar refractivity (Wildman–Crippen MR) is 121 cm³/mol. The van der Waals surface area contributed by atoms with Crippen LogP contribution in [0.1, 0.15) is 47.4 Å². The predicted octanol–water partition coefficient (Wildman–Crippen LogP) is 3.48. The molecule has 3 amide bonds. The molecule has 1 saturated heterocycles. The largest absolute Gasteiger partial charge is 0.341 e. The van der Waals surface area contributed by atoms with Crippen LogP contribution in [0.2, 0.25) is 0 Å².